The van der Waals surface area contributed by atoms with E-state index < -0.39 is 0 Å². The van der Waals surface area contributed by atoms with Crippen molar-refractivity contribution in [2.24, 2.45) is 0 Å². The number of rotatable bonds is 3. The maximum atomic E-state index is 5.98. The molecule has 0 bridgehead atoms. The third kappa shape index (κ3) is 2.64. The number of nitrogens with two attached hydrogens (primary N) is 1. The Balaban J connectivity index is 2.14. The van der Waals surface area contributed by atoms with E-state index in [2.05, 4.69) is 21.1 Å². The molecule has 2 aromatic carbocycles. The van der Waals surface area contributed by atoms with Crippen molar-refractivity contribution in [3.05, 3.63) is 53.0 Å². The maximum absolute atomic E-state index is 5.98. The van der Waals surface area contributed by atoms with Crippen molar-refractivity contribution in [1.82, 2.24) is 5.16 Å². The average molecular weight is 345 g/mol. The monoisotopic (exact) mass is 344 g/mol. The van der Waals surface area contributed by atoms with Gasteiger partial charge >= 0.3 is 0 Å². The van der Waals surface area contributed by atoms with Crippen LogP contribution >= 0.6 is 15.9 Å². The molecule has 0 fully saturated rings. The topological polar surface area (TPSA) is 61.3 Å². The van der Waals surface area contributed by atoms with Gasteiger partial charge in [-0.05, 0) is 42.0 Å². The van der Waals surface area contributed by atoms with Crippen molar-refractivity contribution < 1.29 is 9.26 Å². The predicted molar refractivity (Wildman–Crippen MR) is 86.0 cm³/mol. The van der Waals surface area contributed by atoms with Crippen LogP contribution in [0.4, 0.5) is 5.82 Å². The zero-order valence-corrected chi connectivity index (χ0v) is 12.9. The standard InChI is InChI=1S/C16H13BrN2O2/c1-20-13-4-2-3-11(9-13)14-15(21-19-16(14)18)10-5-7-12(17)8-6-10/h2-9H,1H3,(H2,18,19). The van der Waals surface area contributed by atoms with Crippen LogP contribution in [-0.2, 0) is 0 Å². The number of hydrogen-bond acceptors (Lipinski definition) is 4. The minimum absolute atomic E-state index is 0.362. The summed E-state index contributed by atoms with van der Waals surface area (Å²) in [7, 11) is 1.63. The average Bonchev–Trinajstić information content (AvgIpc) is 2.90. The number of ether oxygens (including phenoxy) is 1. The highest BCUT2D eigenvalue weighted by Gasteiger charge is 2.18. The van der Waals surface area contributed by atoms with Crippen molar-refractivity contribution in [2.45, 2.75) is 0 Å². The number of anilines is 1. The summed E-state index contributed by atoms with van der Waals surface area (Å²) in [6, 6.07) is 15.5. The molecule has 5 heteroatoms. The lowest BCUT2D eigenvalue weighted by molar-refractivity contribution is 0.415. The molecule has 1 aromatic heterocycles. The third-order valence-corrected chi connectivity index (χ3v) is 3.71. The van der Waals surface area contributed by atoms with Crippen molar-refractivity contribution in [2.75, 3.05) is 12.8 Å². The van der Waals surface area contributed by atoms with Crippen molar-refractivity contribution >= 4 is 21.7 Å². The van der Waals surface area contributed by atoms with E-state index in [1.165, 1.54) is 0 Å². The molecule has 3 rings (SSSR count). The van der Waals surface area contributed by atoms with E-state index in [-0.39, 0.29) is 0 Å². The summed E-state index contributed by atoms with van der Waals surface area (Å²) in [5.74, 6) is 1.77. The lowest BCUT2D eigenvalue weighted by Gasteiger charge is -2.05. The molecule has 0 radical (unpaired) electrons. The summed E-state index contributed by atoms with van der Waals surface area (Å²) in [5, 5.41) is 3.90. The first-order chi connectivity index (χ1) is 10.2. The van der Waals surface area contributed by atoms with Gasteiger partial charge < -0.3 is 15.0 Å². The number of nitrogen functional groups attached to an aromatic ring is 1. The fourth-order valence-electron chi connectivity index (χ4n) is 2.16. The number of nitrogens with zero attached hydrogens (tertiary/aromatic N) is 1. The van der Waals surface area contributed by atoms with Crippen LogP contribution in [0.2, 0.25) is 0 Å². The van der Waals surface area contributed by atoms with Gasteiger partial charge in [0.05, 0.1) is 12.7 Å². The Labute approximate surface area is 130 Å². The van der Waals surface area contributed by atoms with Gasteiger partial charge in [-0.1, -0.05) is 33.2 Å². The molecule has 0 atom stereocenters. The molecule has 0 aliphatic heterocycles. The number of hydrogen-bond donors (Lipinski definition) is 1. The van der Waals surface area contributed by atoms with E-state index in [0.29, 0.717) is 11.6 Å². The van der Waals surface area contributed by atoms with Gasteiger partial charge in [-0.25, -0.2) is 0 Å². The second-order valence-corrected chi connectivity index (χ2v) is 5.43. The smallest absolute Gasteiger partial charge is 0.176 e. The number of methoxy groups -OCH3 is 1. The summed E-state index contributed by atoms with van der Waals surface area (Å²) in [5.41, 5.74) is 8.58. The fraction of sp³-hybridized carbons (Fsp3) is 0.0625. The Morgan fingerprint density at radius 3 is 2.57 bits per heavy atom. The normalized spacial score (nSPS) is 10.6. The number of benzene rings is 2. The van der Waals surface area contributed by atoms with Crippen LogP contribution in [0.3, 0.4) is 0 Å². The van der Waals surface area contributed by atoms with Crippen LogP contribution in [0, 0.1) is 0 Å². The highest BCUT2D eigenvalue weighted by atomic mass is 79.9. The van der Waals surface area contributed by atoms with Gasteiger partial charge in [0.15, 0.2) is 11.6 Å². The Kier molecular flexibility index (Phi) is 3.66. The van der Waals surface area contributed by atoms with Crippen molar-refractivity contribution in [3.63, 3.8) is 0 Å². The lowest BCUT2D eigenvalue weighted by atomic mass is 10.0. The van der Waals surface area contributed by atoms with Gasteiger partial charge in [0.1, 0.15) is 5.75 Å². The molecule has 4 nitrogen and oxygen atoms in total. The fourth-order valence-corrected chi connectivity index (χ4v) is 2.42. The third-order valence-electron chi connectivity index (χ3n) is 3.18. The molecule has 0 amide bonds. The largest absolute Gasteiger partial charge is 0.497 e. The SMILES string of the molecule is COc1cccc(-c2c(N)noc2-c2ccc(Br)cc2)c1. The van der Waals surface area contributed by atoms with Crippen LogP contribution in [0.1, 0.15) is 0 Å². The van der Waals surface area contributed by atoms with Crippen LogP contribution in [0.5, 0.6) is 5.75 Å². The Morgan fingerprint density at radius 1 is 1.10 bits per heavy atom. The zero-order valence-electron chi connectivity index (χ0n) is 11.3. The molecule has 106 valence electrons. The van der Waals surface area contributed by atoms with E-state index in [1.807, 2.05) is 48.5 Å². The maximum Gasteiger partial charge on any atom is 0.176 e. The molecule has 2 N–H and O–H groups in total. The first-order valence-corrected chi connectivity index (χ1v) is 7.14. The van der Waals surface area contributed by atoms with E-state index in [1.54, 1.807) is 7.11 Å². The number of halogens is 1. The van der Waals surface area contributed by atoms with Gasteiger partial charge in [0.25, 0.3) is 0 Å². The van der Waals surface area contributed by atoms with Crippen LogP contribution in [0.25, 0.3) is 22.5 Å². The van der Waals surface area contributed by atoms with Crippen molar-refractivity contribution in [3.8, 4) is 28.2 Å². The van der Waals surface area contributed by atoms with Crippen LogP contribution in [-0.4, -0.2) is 12.3 Å². The quantitative estimate of drug-likeness (QED) is 0.766. The molecule has 0 spiro atoms. The van der Waals surface area contributed by atoms with Crippen LogP contribution < -0.4 is 10.5 Å². The van der Waals surface area contributed by atoms with Gasteiger partial charge in [-0.15, -0.1) is 0 Å². The second-order valence-electron chi connectivity index (χ2n) is 4.51. The Hall–Kier alpha value is -2.27. The molecule has 21 heavy (non-hydrogen) atoms. The summed E-state index contributed by atoms with van der Waals surface area (Å²) >= 11 is 3.42. The van der Waals surface area contributed by atoms with E-state index in [4.69, 9.17) is 15.0 Å². The Morgan fingerprint density at radius 2 is 1.86 bits per heavy atom. The highest BCUT2D eigenvalue weighted by Crippen LogP contribution is 2.37. The Bertz CT molecular complexity index is 766. The van der Waals surface area contributed by atoms with Crippen LogP contribution in [0.15, 0.2) is 57.5 Å². The molecular weight excluding hydrogens is 332 g/mol. The zero-order chi connectivity index (χ0) is 14.8. The van der Waals surface area contributed by atoms with E-state index >= 15 is 0 Å². The minimum atomic E-state index is 0.362. The molecule has 0 aliphatic rings. The summed E-state index contributed by atoms with van der Waals surface area (Å²) in [4.78, 5) is 0. The van der Waals surface area contributed by atoms with E-state index in [0.717, 1.165) is 26.9 Å². The lowest BCUT2D eigenvalue weighted by Crippen LogP contribution is -1.90. The first-order valence-electron chi connectivity index (χ1n) is 6.34. The molecule has 0 aliphatic carbocycles. The van der Waals surface area contributed by atoms with Crippen molar-refractivity contribution in [1.29, 1.82) is 0 Å². The van der Waals surface area contributed by atoms with E-state index in [9.17, 15) is 0 Å². The molecular formula is C16H13BrN2O2. The summed E-state index contributed by atoms with van der Waals surface area (Å²) < 4.78 is 11.7. The van der Waals surface area contributed by atoms with Gasteiger partial charge in [0, 0.05) is 10.0 Å². The second kappa shape index (κ2) is 5.61. The molecule has 0 saturated heterocycles. The van der Waals surface area contributed by atoms with Gasteiger partial charge in [-0.3, -0.25) is 0 Å². The van der Waals surface area contributed by atoms with Gasteiger partial charge in [-0.2, -0.15) is 0 Å². The molecule has 0 saturated carbocycles. The minimum Gasteiger partial charge on any atom is -0.497 e. The summed E-state index contributed by atoms with van der Waals surface area (Å²) in [6.07, 6.45) is 0. The highest BCUT2D eigenvalue weighted by molar-refractivity contribution is 9.10. The molecule has 1 heterocycles. The predicted octanol–water partition coefficient (Wildman–Crippen LogP) is 4.36. The number of aromatic nitrogens is 1. The van der Waals surface area contributed by atoms with Gasteiger partial charge in [0.2, 0.25) is 0 Å². The first kappa shape index (κ1) is 13.7. The molecule has 0 unspecified atom stereocenters. The molecule has 3 aromatic rings. The summed E-state index contributed by atoms with van der Waals surface area (Å²) in [6.45, 7) is 0.